The van der Waals surface area contributed by atoms with Crippen molar-refractivity contribution in [2.24, 2.45) is 5.73 Å². The number of benzene rings is 1. The van der Waals surface area contributed by atoms with Gasteiger partial charge in [0.25, 0.3) is 0 Å². The Morgan fingerprint density at radius 3 is 2.82 bits per heavy atom. The van der Waals surface area contributed by atoms with E-state index in [1.807, 2.05) is 48.0 Å². The van der Waals surface area contributed by atoms with Crippen LogP contribution in [0.15, 0.2) is 24.3 Å². The highest BCUT2D eigenvalue weighted by molar-refractivity contribution is 5.98. The van der Waals surface area contributed by atoms with Crippen molar-refractivity contribution in [1.82, 2.24) is 4.90 Å². The summed E-state index contributed by atoms with van der Waals surface area (Å²) in [6.07, 6.45) is 0. The summed E-state index contributed by atoms with van der Waals surface area (Å²) in [4.78, 5) is 16.1. The highest BCUT2D eigenvalue weighted by atomic mass is 16.2. The topological polar surface area (TPSA) is 49.6 Å². The van der Waals surface area contributed by atoms with Gasteiger partial charge in [0, 0.05) is 25.3 Å². The molecule has 4 heteroatoms. The van der Waals surface area contributed by atoms with E-state index < -0.39 is 0 Å². The third-order valence-corrected chi connectivity index (χ3v) is 3.30. The van der Waals surface area contributed by atoms with Crippen LogP contribution in [0.2, 0.25) is 0 Å². The summed E-state index contributed by atoms with van der Waals surface area (Å²) in [7, 11) is 1.95. The third-order valence-electron chi connectivity index (χ3n) is 3.30. The molecule has 0 saturated carbocycles. The zero-order chi connectivity index (χ0) is 12.4. The number of rotatable bonds is 2. The molecule has 2 rings (SSSR count). The number of carbonyl (C=O) groups is 1. The average Bonchev–Trinajstić information content (AvgIpc) is 2.29. The zero-order valence-corrected chi connectivity index (χ0v) is 10.4. The van der Waals surface area contributed by atoms with Gasteiger partial charge >= 0.3 is 0 Å². The molecule has 92 valence electrons. The van der Waals surface area contributed by atoms with Crippen LogP contribution in [-0.4, -0.2) is 43.5 Å². The maximum Gasteiger partial charge on any atom is 0.245 e. The van der Waals surface area contributed by atoms with Crippen molar-refractivity contribution in [3.63, 3.8) is 0 Å². The van der Waals surface area contributed by atoms with Gasteiger partial charge in [0.15, 0.2) is 0 Å². The zero-order valence-electron chi connectivity index (χ0n) is 10.4. The Balaban J connectivity index is 2.25. The second kappa shape index (κ2) is 4.85. The van der Waals surface area contributed by atoms with Gasteiger partial charge in [-0.25, -0.2) is 0 Å². The van der Waals surface area contributed by atoms with Crippen LogP contribution in [0.25, 0.3) is 0 Å². The highest BCUT2D eigenvalue weighted by Crippen LogP contribution is 2.20. The lowest BCUT2D eigenvalue weighted by Crippen LogP contribution is -2.58. The van der Waals surface area contributed by atoms with Gasteiger partial charge in [0.2, 0.25) is 5.91 Å². The minimum Gasteiger partial charge on any atom is -0.328 e. The first-order valence-electron chi connectivity index (χ1n) is 5.92. The van der Waals surface area contributed by atoms with E-state index in [2.05, 4.69) is 0 Å². The molecule has 0 aromatic heterocycles. The number of aryl methyl sites for hydroxylation is 1. The Kier molecular flexibility index (Phi) is 3.45. The van der Waals surface area contributed by atoms with Gasteiger partial charge in [-0.05, 0) is 31.7 Å². The lowest BCUT2D eigenvalue weighted by atomic mass is 10.1. The number of nitrogens with zero attached hydrogens (tertiary/aromatic N) is 2. The lowest BCUT2D eigenvalue weighted by Gasteiger charge is -2.38. The van der Waals surface area contributed by atoms with Crippen LogP contribution < -0.4 is 10.6 Å². The van der Waals surface area contributed by atoms with Gasteiger partial charge in [0.1, 0.15) is 6.04 Å². The number of carbonyl (C=O) groups excluding carboxylic acids is 1. The van der Waals surface area contributed by atoms with Crippen molar-refractivity contribution >= 4 is 11.6 Å². The molecule has 1 aliphatic rings. The third kappa shape index (κ3) is 2.33. The number of anilines is 1. The normalized spacial score (nSPS) is 21.9. The van der Waals surface area contributed by atoms with E-state index in [1.165, 1.54) is 5.56 Å². The molecule has 0 radical (unpaired) electrons. The van der Waals surface area contributed by atoms with Crippen molar-refractivity contribution in [2.75, 3.05) is 31.6 Å². The molecule has 17 heavy (non-hydrogen) atoms. The predicted octanol–water partition coefficient (Wildman–Crippen LogP) is 0.601. The maximum absolute atomic E-state index is 12.3. The van der Waals surface area contributed by atoms with Crippen molar-refractivity contribution < 1.29 is 4.79 Å². The lowest BCUT2D eigenvalue weighted by molar-refractivity contribution is -0.124. The number of nitrogens with two attached hydrogens (primary N) is 1. The molecule has 0 bridgehead atoms. The molecule has 4 nitrogen and oxygen atoms in total. The van der Waals surface area contributed by atoms with E-state index in [0.29, 0.717) is 6.54 Å². The summed E-state index contributed by atoms with van der Waals surface area (Å²) in [5, 5.41) is 0. The Morgan fingerprint density at radius 2 is 2.18 bits per heavy atom. The summed E-state index contributed by atoms with van der Waals surface area (Å²) < 4.78 is 0. The largest absolute Gasteiger partial charge is 0.328 e. The van der Waals surface area contributed by atoms with Crippen LogP contribution in [0.4, 0.5) is 5.69 Å². The van der Waals surface area contributed by atoms with E-state index in [-0.39, 0.29) is 11.9 Å². The highest BCUT2D eigenvalue weighted by Gasteiger charge is 2.32. The molecule has 1 aliphatic heterocycles. The molecule has 1 aromatic rings. The van der Waals surface area contributed by atoms with E-state index >= 15 is 0 Å². The number of piperazine rings is 1. The first kappa shape index (κ1) is 12.1. The van der Waals surface area contributed by atoms with Crippen LogP contribution in [0.1, 0.15) is 5.56 Å². The number of hydrogen-bond donors (Lipinski definition) is 1. The second-order valence-electron chi connectivity index (χ2n) is 4.56. The van der Waals surface area contributed by atoms with Gasteiger partial charge in [-0.3, -0.25) is 9.69 Å². The number of amides is 1. The molecule has 1 unspecified atom stereocenters. The summed E-state index contributed by atoms with van der Waals surface area (Å²) in [5.41, 5.74) is 7.80. The fraction of sp³-hybridized carbons (Fsp3) is 0.462. The van der Waals surface area contributed by atoms with Crippen LogP contribution in [0, 0.1) is 6.92 Å². The maximum atomic E-state index is 12.3. The van der Waals surface area contributed by atoms with E-state index in [9.17, 15) is 4.79 Å². The fourth-order valence-electron chi connectivity index (χ4n) is 2.23. The smallest absolute Gasteiger partial charge is 0.245 e. The van der Waals surface area contributed by atoms with Crippen LogP contribution in [0.3, 0.4) is 0 Å². The fourth-order valence-corrected chi connectivity index (χ4v) is 2.23. The second-order valence-corrected chi connectivity index (χ2v) is 4.56. The summed E-state index contributed by atoms with van der Waals surface area (Å²) >= 11 is 0. The van der Waals surface area contributed by atoms with Crippen molar-refractivity contribution in [3.05, 3.63) is 29.8 Å². The summed E-state index contributed by atoms with van der Waals surface area (Å²) in [6.45, 7) is 4.00. The molecule has 1 aromatic carbocycles. The van der Waals surface area contributed by atoms with Gasteiger partial charge in [-0.1, -0.05) is 12.1 Å². The summed E-state index contributed by atoms with van der Waals surface area (Å²) in [6, 6.07) is 7.84. The van der Waals surface area contributed by atoms with Crippen LogP contribution in [-0.2, 0) is 4.79 Å². The van der Waals surface area contributed by atoms with Gasteiger partial charge in [-0.15, -0.1) is 0 Å². The molecular formula is C13H19N3O. The molecular weight excluding hydrogens is 214 g/mol. The van der Waals surface area contributed by atoms with E-state index in [1.54, 1.807) is 0 Å². The molecule has 1 amide bonds. The molecule has 1 atom stereocenters. The Bertz CT molecular complexity index is 419. The summed E-state index contributed by atoms with van der Waals surface area (Å²) in [5.74, 6) is 0.104. The van der Waals surface area contributed by atoms with E-state index in [0.717, 1.165) is 18.8 Å². The number of likely N-dealkylation sites (N-methyl/N-ethyl adjacent to an activating group) is 1. The quantitative estimate of drug-likeness (QED) is 0.814. The number of hydrogen-bond acceptors (Lipinski definition) is 3. The first-order valence-corrected chi connectivity index (χ1v) is 5.92. The monoisotopic (exact) mass is 233 g/mol. The molecule has 1 saturated heterocycles. The predicted molar refractivity (Wildman–Crippen MR) is 69.0 cm³/mol. The van der Waals surface area contributed by atoms with Gasteiger partial charge < -0.3 is 10.6 Å². The first-order chi connectivity index (χ1) is 8.13. The van der Waals surface area contributed by atoms with Crippen molar-refractivity contribution in [1.29, 1.82) is 0 Å². The van der Waals surface area contributed by atoms with E-state index in [4.69, 9.17) is 5.73 Å². The molecule has 2 N–H and O–H groups in total. The average molecular weight is 233 g/mol. The standard InChI is InChI=1S/C13H19N3O/c1-10-4-3-5-11(8-10)16-7-6-15(2)12(9-14)13(16)17/h3-5,8,12H,6-7,9,14H2,1-2H3. The molecule has 1 heterocycles. The Morgan fingerprint density at radius 1 is 1.41 bits per heavy atom. The van der Waals surface area contributed by atoms with Gasteiger partial charge in [-0.2, -0.15) is 0 Å². The Hall–Kier alpha value is -1.39. The minimum atomic E-state index is -0.190. The Labute approximate surface area is 102 Å². The minimum absolute atomic E-state index is 0.104. The molecule has 0 aliphatic carbocycles. The van der Waals surface area contributed by atoms with Gasteiger partial charge in [0.05, 0.1) is 0 Å². The van der Waals surface area contributed by atoms with Crippen LogP contribution in [0.5, 0.6) is 0 Å². The van der Waals surface area contributed by atoms with Crippen molar-refractivity contribution in [3.8, 4) is 0 Å². The molecule has 1 fully saturated rings. The molecule has 0 spiro atoms. The van der Waals surface area contributed by atoms with Crippen molar-refractivity contribution in [2.45, 2.75) is 13.0 Å². The SMILES string of the molecule is Cc1cccc(N2CCN(C)C(CN)C2=O)c1. The van der Waals surface area contributed by atoms with Crippen LogP contribution >= 0.6 is 0 Å².